The first-order valence-corrected chi connectivity index (χ1v) is 4.82. The Kier molecular flexibility index (Phi) is 3.98. The Morgan fingerprint density at radius 3 is 2.92 bits per heavy atom. The Bertz CT molecular complexity index is 130. The highest BCUT2D eigenvalue weighted by Crippen LogP contribution is 2.19. The second-order valence-electron chi connectivity index (χ2n) is 3.74. The van der Waals surface area contributed by atoms with E-state index in [9.17, 15) is 5.11 Å². The van der Waals surface area contributed by atoms with Gasteiger partial charge in [-0.2, -0.15) is 0 Å². The Balaban J connectivity index is 2.20. The number of hydrogen-bond donors (Lipinski definition) is 2. The molecule has 1 rings (SSSR count). The fraction of sp³-hybridized carbons (Fsp3) is 1.00. The van der Waals surface area contributed by atoms with Gasteiger partial charge in [-0.25, -0.2) is 0 Å². The summed E-state index contributed by atoms with van der Waals surface area (Å²) in [4.78, 5) is 2.33. The minimum Gasteiger partial charge on any atom is -0.393 e. The average molecular weight is 172 g/mol. The lowest BCUT2D eigenvalue weighted by molar-refractivity contribution is 0.123. The van der Waals surface area contributed by atoms with Gasteiger partial charge in [-0.15, -0.1) is 0 Å². The van der Waals surface area contributed by atoms with Crippen molar-refractivity contribution in [2.45, 2.75) is 37.8 Å². The van der Waals surface area contributed by atoms with Gasteiger partial charge in [0.15, 0.2) is 0 Å². The van der Waals surface area contributed by atoms with Crippen molar-refractivity contribution < 1.29 is 5.11 Å². The van der Waals surface area contributed by atoms with Crippen LogP contribution in [-0.2, 0) is 0 Å². The summed E-state index contributed by atoms with van der Waals surface area (Å²) in [5, 5.41) is 9.52. The van der Waals surface area contributed by atoms with Crippen LogP contribution < -0.4 is 5.73 Å². The highest BCUT2D eigenvalue weighted by atomic mass is 16.3. The monoisotopic (exact) mass is 172 g/mol. The molecule has 3 nitrogen and oxygen atoms in total. The highest BCUT2D eigenvalue weighted by Gasteiger charge is 2.22. The first-order valence-electron chi connectivity index (χ1n) is 4.82. The van der Waals surface area contributed by atoms with E-state index in [2.05, 4.69) is 11.9 Å². The maximum atomic E-state index is 9.52. The number of hydrogen-bond acceptors (Lipinski definition) is 3. The fourth-order valence-corrected chi connectivity index (χ4v) is 1.90. The summed E-state index contributed by atoms with van der Waals surface area (Å²) in [6.45, 7) is 1.78. The van der Waals surface area contributed by atoms with E-state index in [4.69, 9.17) is 5.73 Å². The van der Waals surface area contributed by atoms with Crippen molar-refractivity contribution in [1.29, 1.82) is 0 Å². The summed E-state index contributed by atoms with van der Waals surface area (Å²) >= 11 is 0. The van der Waals surface area contributed by atoms with Crippen molar-refractivity contribution in [3.63, 3.8) is 0 Å². The van der Waals surface area contributed by atoms with Gasteiger partial charge in [0.25, 0.3) is 0 Å². The lowest BCUT2D eigenvalue weighted by atomic mass is 10.1. The normalized spacial score (nSPS) is 27.8. The summed E-state index contributed by atoms with van der Waals surface area (Å²) in [6, 6.07) is 0.589. The van der Waals surface area contributed by atoms with Crippen molar-refractivity contribution in [3.05, 3.63) is 0 Å². The van der Waals surface area contributed by atoms with E-state index in [1.807, 2.05) is 0 Å². The van der Waals surface area contributed by atoms with Crippen LogP contribution in [0, 0.1) is 0 Å². The predicted molar refractivity (Wildman–Crippen MR) is 49.9 cm³/mol. The molecule has 1 aliphatic heterocycles. The van der Waals surface area contributed by atoms with Crippen LogP contribution in [0.5, 0.6) is 0 Å². The molecule has 0 aromatic heterocycles. The summed E-state index contributed by atoms with van der Waals surface area (Å²) in [7, 11) is 2.13. The molecule has 1 saturated heterocycles. The number of nitrogens with two attached hydrogens (primary N) is 1. The van der Waals surface area contributed by atoms with Crippen molar-refractivity contribution in [2.24, 2.45) is 5.73 Å². The molecule has 3 N–H and O–H groups in total. The second kappa shape index (κ2) is 4.80. The molecule has 0 aliphatic carbocycles. The van der Waals surface area contributed by atoms with Crippen molar-refractivity contribution in [1.82, 2.24) is 4.90 Å². The first kappa shape index (κ1) is 9.96. The molecule has 0 aromatic carbocycles. The molecule has 1 aliphatic rings. The Morgan fingerprint density at radius 1 is 1.67 bits per heavy atom. The van der Waals surface area contributed by atoms with E-state index in [-0.39, 0.29) is 6.10 Å². The molecule has 72 valence electrons. The zero-order valence-electron chi connectivity index (χ0n) is 7.87. The predicted octanol–water partition coefficient (Wildman–Crippen LogP) is 0.180. The molecule has 2 atom stereocenters. The van der Waals surface area contributed by atoms with Crippen LogP contribution in [0.25, 0.3) is 0 Å². The molecular weight excluding hydrogens is 152 g/mol. The van der Waals surface area contributed by atoms with E-state index in [0.717, 1.165) is 12.8 Å². The van der Waals surface area contributed by atoms with Crippen molar-refractivity contribution >= 4 is 0 Å². The Labute approximate surface area is 74.5 Å². The lowest BCUT2D eigenvalue weighted by Gasteiger charge is -2.21. The molecule has 0 amide bonds. The highest BCUT2D eigenvalue weighted by molar-refractivity contribution is 4.78. The summed E-state index contributed by atoms with van der Waals surface area (Å²) in [6.07, 6.45) is 3.95. The lowest BCUT2D eigenvalue weighted by Crippen LogP contribution is -2.29. The molecular formula is C9H20N2O. The number of aliphatic hydroxyl groups excluding tert-OH is 1. The van der Waals surface area contributed by atoms with Gasteiger partial charge in [0.05, 0.1) is 6.10 Å². The average Bonchev–Trinajstić information content (AvgIpc) is 2.37. The molecule has 12 heavy (non-hydrogen) atoms. The molecule has 1 fully saturated rings. The zero-order valence-corrected chi connectivity index (χ0v) is 7.87. The maximum absolute atomic E-state index is 9.52. The van der Waals surface area contributed by atoms with E-state index in [1.165, 1.54) is 19.4 Å². The maximum Gasteiger partial charge on any atom is 0.0567 e. The molecule has 0 aromatic rings. The van der Waals surface area contributed by atoms with E-state index in [1.54, 1.807) is 0 Å². The van der Waals surface area contributed by atoms with Crippen LogP contribution in [0.2, 0.25) is 0 Å². The van der Waals surface area contributed by atoms with Crippen molar-refractivity contribution in [2.75, 3.05) is 20.1 Å². The minimum atomic E-state index is -0.194. The number of likely N-dealkylation sites (tertiary alicyclic amines) is 1. The van der Waals surface area contributed by atoms with Gasteiger partial charge in [-0.3, -0.25) is 0 Å². The van der Waals surface area contributed by atoms with Crippen LogP contribution in [0.3, 0.4) is 0 Å². The summed E-state index contributed by atoms with van der Waals surface area (Å²) in [5.74, 6) is 0. The Morgan fingerprint density at radius 2 is 2.42 bits per heavy atom. The van der Waals surface area contributed by atoms with Crippen LogP contribution in [0.1, 0.15) is 25.7 Å². The van der Waals surface area contributed by atoms with Crippen LogP contribution in [0.4, 0.5) is 0 Å². The van der Waals surface area contributed by atoms with Gasteiger partial charge in [0, 0.05) is 6.04 Å². The second-order valence-corrected chi connectivity index (χ2v) is 3.74. The van der Waals surface area contributed by atoms with E-state index < -0.39 is 0 Å². The zero-order chi connectivity index (χ0) is 8.97. The van der Waals surface area contributed by atoms with Gasteiger partial charge in [-0.1, -0.05) is 0 Å². The van der Waals surface area contributed by atoms with Gasteiger partial charge >= 0.3 is 0 Å². The van der Waals surface area contributed by atoms with E-state index >= 15 is 0 Å². The van der Waals surface area contributed by atoms with Gasteiger partial charge in [-0.05, 0) is 45.8 Å². The first-order chi connectivity index (χ1) is 5.74. The van der Waals surface area contributed by atoms with Crippen LogP contribution in [-0.4, -0.2) is 42.3 Å². The van der Waals surface area contributed by atoms with Gasteiger partial charge in [0.2, 0.25) is 0 Å². The summed E-state index contributed by atoms with van der Waals surface area (Å²) < 4.78 is 0. The molecule has 3 heteroatoms. The number of rotatable bonds is 4. The van der Waals surface area contributed by atoms with Crippen molar-refractivity contribution in [3.8, 4) is 0 Å². The topological polar surface area (TPSA) is 49.5 Å². The minimum absolute atomic E-state index is 0.194. The molecule has 0 bridgehead atoms. The van der Waals surface area contributed by atoms with Crippen LogP contribution >= 0.6 is 0 Å². The third-order valence-electron chi connectivity index (χ3n) is 2.72. The summed E-state index contributed by atoms with van der Waals surface area (Å²) in [5.41, 5.74) is 5.36. The van der Waals surface area contributed by atoms with Crippen LogP contribution in [0.15, 0.2) is 0 Å². The quantitative estimate of drug-likeness (QED) is 0.636. The third-order valence-corrected chi connectivity index (χ3v) is 2.72. The number of aliphatic hydroxyl groups is 1. The molecule has 1 unspecified atom stereocenters. The Hall–Kier alpha value is -0.120. The van der Waals surface area contributed by atoms with E-state index in [0.29, 0.717) is 12.6 Å². The fourth-order valence-electron chi connectivity index (χ4n) is 1.90. The van der Waals surface area contributed by atoms with Gasteiger partial charge in [0.1, 0.15) is 0 Å². The largest absolute Gasteiger partial charge is 0.393 e. The molecule has 0 saturated carbocycles. The molecule has 0 radical (unpaired) electrons. The number of nitrogens with zero attached hydrogens (tertiary/aromatic N) is 1. The molecule has 1 heterocycles. The molecule has 0 spiro atoms. The SMILES string of the molecule is CN1CCCC1C[C@@H](O)CCN. The smallest absolute Gasteiger partial charge is 0.0567 e. The van der Waals surface area contributed by atoms with Gasteiger partial charge < -0.3 is 15.7 Å². The third kappa shape index (κ3) is 2.73. The standard InChI is InChI=1S/C9H20N2O/c1-11-6-2-3-8(11)7-9(12)4-5-10/h8-9,12H,2-7,10H2,1H3/t8?,9-/m0/s1.